The van der Waals surface area contributed by atoms with Crippen LogP contribution in [0.3, 0.4) is 0 Å². The molecule has 0 aromatic heterocycles. The van der Waals surface area contributed by atoms with Gasteiger partial charge in [-0.15, -0.1) is 0 Å². The number of hydrogen-bond acceptors (Lipinski definition) is 4. The second kappa shape index (κ2) is 6.30. The molecule has 5 nitrogen and oxygen atoms in total. The zero-order chi connectivity index (χ0) is 14.0. The summed E-state index contributed by atoms with van der Waals surface area (Å²) in [7, 11) is -3.12. The van der Waals surface area contributed by atoms with Crippen molar-refractivity contribution in [1.29, 1.82) is 0 Å². The van der Waals surface area contributed by atoms with Gasteiger partial charge in [0.25, 0.3) is 0 Å². The Morgan fingerprint density at radius 1 is 1.15 bits per heavy atom. The van der Waals surface area contributed by atoms with Gasteiger partial charge in [0, 0.05) is 12.6 Å². The number of fused-ring (bicyclic) bond motifs is 1. The van der Waals surface area contributed by atoms with Crippen LogP contribution in [0.5, 0.6) is 0 Å². The van der Waals surface area contributed by atoms with Crippen molar-refractivity contribution in [3.63, 3.8) is 0 Å². The van der Waals surface area contributed by atoms with Gasteiger partial charge in [0.15, 0.2) is 0 Å². The van der Waals surface area contributed by atoms with E-state index in [1.807, 2.05) is 0 Å². The Balaban J connectivity index is 1.59. The molecular formula is C14H26N2O3S. The summed E-state index contributed by atoms with van der Waals surface area (Å²) in [5.74, 6) is 0.286. The molecule has 0 radical (unpaired) electrons. The standard InChI is InChI=1S/C14H26N2O3S/c17-20(18,11-7-12-4-1-2-8-15-12)16-9-10-19-14-6-3-5-13(14)16/h12-15H,1-11H2. The van der Waals surface area contributed by atoms with Crippen molar-refractivity contribution >= 4 is 10.0 Å². The summed E-state index contributed by atoms with van der Waals surface area (Å²) >= 11 is 0. The topological polar surface area (TPSA) is 58.6 Å². The molecule has 2 saturated heterocycles. The first-order chi connectivity index (χ1) is 9.67. The summed E-state index contributed by atoms with van der Waals surface area (Å²) < 4.78 is 32.7. The molecule has 6 heteroatoms. The van der Waals surface area contributed by atoms with E-state index in [0.29, 0.717) is 19.2 Å². The van der Waals surface area contributed by atoms with E-state index in [0.717, 1.165) is 38.6 Å². The fourth-order valence-electron chi connectivity index (χ4n) is 3.81. The lowest BCUT2D eigenvalue weighted by molar-refractivity contribution is -0.0241. The van der Waals surface area contributed by atoms with Gasteiger partial charge >= 0.3 is 0 Å². The van der Waals surface area contributed by atoms with E-state index in [1.165, 1.54) is 12.8 Å². The third-order valence-corrected chi connectivity index (χ3v) is 6.84. The summed E-state index contributed by atoms with van der Waals surface area (Å²) in [4.78, 5) is 0. The fraction of sp³-hybridized carbons (Fsp3) is 1.00. The van der Waals surface area contributed by atoms with Crippen LogP contribution in [0.15, 0.2) is 0 Å². The number of ether oxygens (including phenoxy) is 1. The molecule has 2 aliphatic heterocycles. The highest BCUT2D eigenvalue weighted by atomic mass is 32.2. The second-order valence-corrected chi connectivity index (χ2v) is 8.31. The molecule has 3 atom stereocenters. The minimum atomic E-state index is -3.12. The Bertz CT molecular complexity index is 420. The van der Waals surface area contributed by atoms with Gasteiger partial charge in [-0.05, 0) is 45.1 Å². The maximum atomic E-state index is 12.6. The van der Waals surface area contributed by atoms with Crippen molar-refractivity contribution in [2.75, 3.05) is 25.4 Å². The summed E-state index contributed by atoms with van der Waals surface area (Å²) in [5, 5.41) is 3.43. The van der Waals surface area contributed by atoms with Crippen LogP contribution < -0.4 is 5.32 Å². The van der Waals surface area contributed by atoms with Crippen LogP contribution in [-0.4, -0.2) is 56.4 Å². The Kier molecular flexibility index (Phi) is 4.65. The van der Waals surface area contributed by atoms with E-state index in [-0.39, 0.29) is 17.9 Å². The monoisotopic (exact) mass is 302 g/mol. The summed E-state index contributed by atoms with van der Waals surface area (Å²) in [6.45, 7) is 2.14. The molecule has 20 heavy (non-hydrogen) atoms. The molecule has 3 unspecified atom stereocenters. The SMILES string of the molecule is O=S(=O)(CCC1CCCCN1)N1CCOC2CCCC21. The predicted molar refractivity (Wildman–Crippen MR) is 78.1 cm³/mol. The van der Waals surface area contributed by atoms with E-state index in [9.17, 15) is 8.42 Å². The lowest BCUT2D eigenvalue weighted by Crippen LogP contribution is -2.52. The zero-order valence-corrected chi connectivity index (χ0v) is 12.9. The van der Waals surface area contributed by atoms with Crippen LogP contribution in [0.2, 0.25) is 0 Å². The third kappa shape index (κ3) is 3.18. The van der Waals surface area contributed by atoms with Crippen LogP contribution in [-0.2, 0) is 14.8 Å². The quantitative estimate of drug-likeness (QED) is 0.845. The Hall–Kier alpha value is -0.170. The van der Waals surface area contributed by atoms with Gasteiger partial charge in [-0.1, -0.05) is 6.42 Å². The second-order valence-electron chi connectivity index (χ2n) is 6.27. The molecule has 3 fully saturated rings. The van der Waals surface area contributed by atoms with Crippen molar-refractivity contribution < 1.29 is 13.2 Å². The van der Waals surface area contributed by atoms with Crippen molar-refractivity contribution in [3.8, 4) is 0 Å². The molecule has 0 bridgehead atoms. The van der Waals surface area contributed by atoms with Gasteiger partial charge in [-0.25, -0.2) is 8.42 Å². The van der Waals surface area contributed by atoms with Crippen LogP contribution >= 0.6 is 0 Å². The summed E-state index contributed by atoms with van der Waals surface area (Å²) in [6.07, 6.45) is 7.52. The van der Waals surface area contributed by atoms with Gasteiger partial charge in [0.2, 0.25) is 10.0 Å². The normalized spacial score (nSPS) is 35.9. The van der Waals surface area contributed by atoms with E-state index in [2.05, 4.69) is 5.32 Å². The number of hydrogen-bond donors (Lipinski definition) is 1. The average Bonchev–Trinajstić information content (AvgIpc) is 2.94. The Labute approximate surface area is 122 Å². The molecule has 3 rings (SSSR count). The first-order valence-corrected chi connectivity index (χ1v) is 9.62. The molecule has 0 amide bonds. The van der Waals surface area contributed by atoms with Gasteiger partial charge in [-0.3, -0.25) is 0 Å². The number of rotatable bonds is 4. The predicted octanol–water partition coefficient (Wildman–Crippen LogP) is 1.10. The van der Waals surface area contributed by atoms with Gasteiger partial charge in [0.05, 0.1) is 24.5 Å². The lowest BCUT2D eigenvalue weighted by Gasteiger charge is -2.37. The number of piperidine rings is 1. The van der Waals surface area contributed by atoms with Crippen LogP contribution in [0.25, 0.3) is 0 Å². The molecule has 0 aromatic carbocycles. The van der Waals surface area contributed by atoms with Crippen LogP contribution in [0.4, 0.5) is 0 Å². The minimum absolute atomic E-state index is 0.105. The number of nitrogens with one attached hydrogen (secondary N) is 1. The maximum absolute atomic E-state index is 12.6. The lowest BCUT2D eigenvalue weighted by atomic mass is 10.0. The van der Waals surface area contributed by atoms with Crippen LogP contribution in [0, 0.1) is 0 Å². The van der Waals surface area contributed by atoms with Crippen molar-refractivity contribution in [2.24, 2.45) is 0 Å². The third-order valence-electron chi connectivity index (χ3n) is 4.93. The maximum Gasteiger partial charge on any atom is 0.214 e. The Morgan fingerprint density at radius 2 is 2.05 bits per heavy atom. The van der Waals surface area contributed by atoms with Gasteiger partial charge < -0.3 is 10.1 Å². The average molecular weight is 302 g/mol. The summed E-state index contributed by atoms with van der Waals surface area (Å²) in [6, 6.07) is 0.493. The largest absolute Gasteiger partial charge is 0.375 e. The van der Waals surface area contributed by atoms with Gasteiger partial charge in [-0.2, -0.15) is 4.31 Å². The van der Waals surface area contributed by atoms with E-state index >= 15 is 0 Å². The highest BCUT2D eigenvalue weighted by Crippen LogP contribution is 2.31. The summed E-state index contributed by atoms with van der Waals surface area (Å²) in [5.41, 5.74) is 0. The van der Waals surface area contributed by atoms with E-state index in [1.54, 1.807) is 4.31 Å². The molecule has 1 aliphatic carbocycles. The van der Waals surface area contributed by atoms with Gasteiger partial charge in [0.1, 0.15) is 0 Å². The minimum Gasteiger partial charge on any atom is -0.375 e. The smallest absolute Gasteiger partial charge is 0.214 e. The highest BCUT2D eigenvalue weighted by Gasteiger charge is 2.41. The molecule has 3 aliphatic rings. The highest BCUT2D eigenvalue weighted by molar-refractivity contribution is 7.89. The zero-order valence-electron chi connectivity index (χ0n) is 12.1. The van der Waals surface area contributed by atoms with E-state index < -0.39 is 10.0 Å². The van der Waals surface area contributed by atoms with Crippen molar-refractivity contribution in [3.05, 3.63) is 0 Å². The number of sulfonamides is 1. The van der Waals surface area contributed by atoms with Crippen molar-refractivity contribution in [1.82, 2.24) is 9.62 Å². The molecular weight excluding hydrogens is 276 g/mol. The molecule has 2 heterocycles. The van der Waals surface area contributed by atoms with E-state index in [4.69, 9.17) is 4.74 Å². The molecule has 0 aromatic rings. The molecule has 0 spiro atoms. The number of morpholine rings is 1. The number of nitrogens with zero attached hydrogens (tertiary/aromatic N) is 1. The molecule has 1 saturated carbocycles. The molecule has 116 valence electrons. The van der Waals surface area contributed by atoms with Crippen molar-refractivity contribution in [2.45, 2.75) is 63.1 Å². The first kappa shape index (κ1) is 14.8. The van der Waals surface area contributed by atoms with Crippen LogP contribution in [0.1, 0.15) is 44.9 Å². The molecule has 1 N–H and O–H groups in total. The fourth-order valence-corrected chi connectivity index (χ4v) is 5.64. The first-order valence-electron chi connectivity index (χ1n) is 8.01. The Morgan fingerprint density at radius 3 is 2.85 bits per heavy atom.